The van der Waals surface area contributed by atoms with Crippen molar-refractivity contribution in [2.45, 2.75) is 90.3 Å². The van der Waals surface area contributed by atoms with Crippen LogP contribution in [0, 0.1) is 17.3 Å². The van der Waals surface area contributed by atoms with Crippen molar-refractivity contribution in [2.75, 3.05) is 16.8 Å². The summed E-state index contributed by atoms with van der Waals surface area (Å²) in [4.78, 5) is 24.1. The first-order valence-corrected chi connectivity index (χ1v) is 14.8. The minimum atomic E-state index is -4.18. The molecule has 1 unspecified atom stereocenters. The molecule has 3 heterocycles. The fraction of sp³-hybridized carbons (Fsp3) is 0.607. The first-order chi connectivity index (χ1) is 17.3. The van der Waals surface area contributed by atoms with Gasteiger partial charge in [0.15, 0.2) is 5.03 Å². The number of carbonyl (C=O) groups is 1. The van der Waals surface area contributed by atoms with Crippen LogP contribution in [-0.4, -0.2) is 42.4 Å². The van der Waals surface area contributed by atoms with Crippen LogP contribution in [0.3, 0.4) is 0 Å². The van der Waals surface area contributed by atoms with Gasteiger partial charge in [0, 0.05) is 24.3 Å². The number of nitrogens with one attached hydrogen (secondary N) is 2. The Labute approximate surface area is 221 Å². The Hall–Kier alpha value is -2.68. The van der Waals surface area contributed by atoms with Crippen LogP contribution in [0.25, 0.3) is 0 Å². The van der Waals surface area contributed by atoms with Crippen molar-refractivity contribution >= 4 is 27.6 Å². The van der Waals surface area contributed by atoms with E-state index in [2.05, 4.69) is 66.4 Å². The van der Waals surface area contributed by atoms with E-state index in [0.717, 1.165) is 38.6 Å². The number of rotatable bonds is 6. The van der Waals surface area contributed by atoms with Gasteiger partial charge < -0.3 is 10.2 Å². The molecule has 2 aromatic rings. The van der Waals surface area contributed by atoms with Crippen LogP contribution >= 0.6 is 0 Å². The van der Waals surface area contributed by atoms with Gasteiger partial charge in [-0.15, -0.1) is 0 Å². The SMILES string of the molecule is CC1CN(c2ncccc2C(=O)NS(=O)(=O)c2cccc(NC3CCC(C(C)(C)C)CC3)n2)C(C)(C)C1. The molecule has 1 atom stereocenters. The normalized spacial score (nSPS) is 24.1. The number of aromatic nitrogens is 2. The Kier molecular flexibility index (Phi) is 7.57. The molecule has 202 valence electrons. The van der Waals surface area contributed by atoms with Crippen molar-refractivity contribution in [3.05, 3.63) is 42.1 Å². The van der Waals surface area contributed by atoms with Crippen molar-refractivity contribution in [1.29, 1.82) is 0 Å². The van der Waals surface area contributed by atoms with E-state index in [1.807, 2.05) is 0 Å². The lowest BCUT2D eigenvalue weighted by Crippen LogP contribution is -2.41. The molecule has 8 nitrogen and oxygen atoms in total. The van der Waals surface area contributed by atoms with Crippen LogP contribution in [0.2, 0.25) is 0 Å². The van der Waals surface area contributed by atoms with E-state index in [4.69, 9.17) is 0 Å². The van der Waals surface area contributed by atoms with E-state index in [9.17, 15) is 13.2 Å². The molecule has 1 aliphatic carbocycles. The minimum Gasteiger partial charge on any atom is -0.367 e. The zero-order valence-corrected chi connectivity index (χ0v) is 23.7. The van der Waals surface area contributed by atoms with Gasteiger partial charge in [-0.05, 0) is 87.5 Å². The van der Waals surface area contributed by atoms with E-state index in [1.165, 1.54) is 6.07 Å². The number of hydrogen-bond donors (Lipinski definition) is 2. The first kappa shape index (κ1) is 27.4. The molecule has 1 amide bonds. The van der Waals surface area contributed by atoms with Crippen LogP contribution in [0.5, 0.6) is 0 Å². The predicted octanol–water partition coefficient (Wildman–Crippen LogP) is 5.24. The Balaban J connectivity index is 1.47. The summed E-state index contributed by atoms with van der Waals surface area (Å²) in [7, 11) is -4.18. The fourth-order valence-electron chi connectivity index (χ4n) is 5.94. The Bertz CT molecular complexity index is 1230. The molecule has 0 bridgehead atoms. The molecule has 0 spiro atoms. The number of carbonyl (C=O) groups excluding carboxylic acids is 1. The maximum Gasteiger partial charge on any atom is 0.281 e. The topological polar surface area (TPSA) is 104 Å². The Morgan fingerprint density at radius 3 is 2.41 bits per heavy atom. The highest BCUT2D eigenvalue weighted by molar-refractivity contribution is 7.90. The standard InChI is InChI=1S/C28H41N5O3S/c1-19-17-28(5,6)33(18-19)25-22(9-8-16-29-25)26(34)32-37(35,36)24-11-7-10-23(31-24)30-21-14-12-20(13-15-21)27(2,3)4/h7-11,16,19-21H,12-15,17-18H2,1-6H3,(H,30,31)(H,32,34). The average Bonchev–Trinajstić information content (AvgIpc) is 3.10. The zero-order chi connectivity index (χ0) is 27.0. The molecule has 1 saturated heterocycles. The number of hydrogen-bond acceptors (Lipinski definition) is 7. The minimum absolute atomic E-state index is 0.185. The maximum atomic E-state index is 13.2. The van der Waals surface area contributed by atoms with Gasteiger partial charge in [-0.3, -0.25) is 4.79 Å². The van der Waals surface area contributed by atoms with Crippen LogP contribution in [0.15, 0.2) is 41.6 Å². The van der Waals surface area contributed by atoms with E-state index in [0.29, 0.717) is 28.9 Å². The lowest BCUT2D eigenvalue weighted by molar-refractivity contribution is 0.0981. The second kappa shape index (κ2) is 10.2. The first-order valence-electron chi connectivity index (χ1n) is 13.3. The van der Waals surface area contributed by atoms with Crippen LogP contribution < -0.4 is 14.9 Å². The summed E-state index contributed by atoms with van der Waals surface area (Å²) in [6.07, 6.45) is 6.90. The lowest BCUT2D eigenvalue weighted by atomic mass is 9.71. The van der Waals surface area contributed by atoms with E-state index >= 15 is 0 Å². The third kappa shape index (κ3) is 6.25. The van der Waals surface area contributed by atoms with Crippen LogP contribution in [0.4, 0.5) is 11.6 Å². The summed E-state index contributed by atoms with van der Waals surface area (Å²) in [6, 6.07) is 8.35. The monoisotopic (exact) mass is 527 g/mol. The zero-order valence-electron chi connectivity index (χ0n) is 22.9. The summed E-state index contributed by atoms with van der Waals surface area (Å²) in [5.41, 5.74) is 0.347. The van der Waals surface area contributed by atoms with Gasteiger partial charge in [0.1, 0.15) is 11.6 Å². The summed E-state index contributed by atoms with van der Waals surface area (Å²) in [5, 5.41) is 3.22. The van der Waals surface area contributed by atoms with Gasteiger partial charge in [-0.1, -0.05) is 33.8 Å². The molecular weight excluding hydrogens is 486 g/mol. The molecule has 9 heteroatoms. The molecule has 2 N–H and O–H groups in total. The predicted molar refractivity (Wildman–Crippen MR) is 147 cm³/mol. The van der Waals surface area contributed by atoms with Gasteiger partial charge in [-0.25, -0.2) is 14.7 Å². The third-order valence-corrected chi connectivity index (χ3v) is 9.12. The van der Waals surface area contributed by atoms with Crippen molar-refractivity contribution in [3.8, 4) is 0 Å². The third-order valence-electron chi connectivity index (χ3n) is 7.89. The Morgan fingerprint density at radius 2 is 1.78 bits per heavy atom. The van der Waals surface area contributed by atoms with Gasteiger partial charge in [0.05, 0.1) is 5.56 Å². The highest BCUT2D eigenvalue weighted by atomic mass is 32.2. The van der Waals surface area contributed by atoms with E-state index in [-0.39, 0.29) is 22.2 Å². The van der Waals surface area contributed by atoms with Crippen molar-refractivity contribution < 1.29 is 13.2 Å². The van der Waals surface area contributed by atoms with Crippen molar-refractivity contribution in [3.63, 3.8) is 0 Å². The molecule has 2 aromatic heterocycles. The lowest BCUT2D eigenvalue weighted by Gasteiger charge is -2.37. The molecule has 2 aliphatic rings. The molecule has 1 saturated carbocycles. The van der Waals surface area contributed by atoms with E-state index < -0.39 is 15.9 Å². The molecule has 37 heavy (non-hydrogen) atoms. The quantitative estimate of drug-likeness (QED) is 0.530. The van der Waals surface area contributed by atoms with Crippen LogP contribution in [-0.2, 0) is 10.0 Å². The molecule has 1 aliphatic heterocycles. The average molecular weight is 528 g/mol. The Morgan fingerprint density at radius 1 is 1.08 bits per heavy atom. The molecule has 4 rings (SSSR count). The molecular formula is C28H41N5O3S. The highest BCUT2D eigenvalue weighted by Gasteiger charge is 2.39. The van der Waals surface area contributed by atoms with Crippen molar-refractivity contribution in [2.24, 2.45) is 17.3 Å². The smallest absolute Gasteiger partial charge is 0.281 e. The van der Waals surface area contributed by atoms with Crippen molar-refractivity contribution in [1.82, 2.24) is 14.7 Å². The number of anilines is 2. The second-order valence-corrected chi connectivity index (χ2v) is 14.1. The summed E-state index contributed by atoms with van der Waals surface area (Å²) < 4.78 is 28.6. The number of pyridine rings is 2. The van der Waals surface area contributed by atoms with Gasteiger partial charge in [0.25, 0.3) is 15.9 Å². The second-order valence-electron chi connectivity index (χ2n) is 12.5. The number of nitrogens with zero attached hydrogens (tertiary/aromatic N) is 3. The molecule has 0 aromatic carbocycles. The summed E-state index contributed by atoms with van der Waals surface area (Å²) in [6.45, 7) is 14.0. The largest absolute Gasteiger partial charge is 0.367 e. The van der Waals surface area contributed by atoms with Gasteiger partial charge >= 0.3 is 0 Å². The molecule has 0 radical (unpaired) electrons. The van der Waals surface area contributed by atoms with Crippen LogP contribution in [0.1, 0.15) is 84.0 Å². The van der Waals surface area contributed by atoms with Gasteiger partial charge in [-0.2, -0.15) is 8.42 Å². The highest BCUT2D eigenvalue weighted by Crippen LogP contribution is 2.39. The summed E-state index contributed by atoms with van der Waals surface area (Å²) >= 11 is 0. The maximum absolute atomic E-state index is 13.2. The molecule has 2 fully saturated rings. The number of amides is 1. The van der Waals surface area contributed by atoms with Gasteiger partial charge in [0.2, 0.25) is 0 Å². The van der Waals surface area contributed by atoms with E-state index in [1.54, 1.807) is 30.5 Å². The fourth-order valence-corrected chi connectivity index (χ4v) is 6.87. The number of sulfonamides is 1. The summed E-state index contributed by atoms with van der Waals surface area (Å²) in [5.74, 6) is 1.43.